The van der Waals surface area contributed by atoms with E-state index >= 15 is 0 Å². The Kier molecular flexibility index (Phi) is 9.19. The average Bonchev–Trinajstić information content (AvgIpc) is 2.83. The van der Waals surface area contributed by atoms with Crippen LogP contribution in [0.25, 0.3) is 0 Å². The van der Waals surface area contributed by atoms with Crippen molar-refractivity contribution in [2.45, 2.75) is 32.4 Å². The summed E-state index contributed by atoms with van der Waals surface area (Å²) in [4.78, 5) is 30.0. The monoisotopic (exact) mass is 441 g/mol. The number of hydrogen-bond acceptors (Lipinski definition) is 4. The van der Waals surface area contributed by atoms with Crippen molar-refractivity contribution in [3.05, 3.63) is 71.5 Å². The van der Waals surface area contributed by atoms with Crippen LogP contribution in [0.3, 0.4) is 0 Å². The average molecular weight is 442 g/mol. The maximum atomic E-state index is 13.4. The van der Waals surface area contributed by atoms with Crippen molar-refractivity contribution in [1.82, 2.24) is 15.1 Å². The second-order valence-electron chi connectivity index (χ2n) is 7.95. The quantitative estimate of drug-likeness (QED) is 0.616. The molecule has 2 aromatic rings. The van der Waals surface area contributed by atoms with Gasteiger partial charge in [-0.2, -0.15) is 0 Å². The topological polar surface area (TPSA) is 61.9 Å². The Hall–Kier alpha value is -2.77. The number of hydrogen-bond donors (Lipinski definition) is 1. The maximum Gasteiger partial charge on any atom is 0.243 e. The number of nitrogens with one attached hydrogen (secondary N) is 1. The number of amides is 2. The molecule has 1 heterocycles. The first-order valence-corrected chi connectivity index (χ1v) is 11.2. The van der Waals surface area contributed by atoms with Crippen LogP contribution in [0.2, 0.25) is 0 Å². The minimum absolute atomic E-state index is 0.112. The van der Waals surface area contributed by atoms with E-state index in [1.54, 1.807) is 24.0 Å². The molecule has 1 fully saturated rings. The molecule has 1 aliphatic rings. The van der Waals surface area contributed by atoms with Gasteiger partial charge in [-0.1, -0.05) is 49.4 Å². The van der Waals surface area contributed by atoms with E-state index in [1.807, 2.05) is 30.3 Å². The van der Waals surface area contributed by atoms with E-state index in [0.717, 1.165) is 30.8 Å². The summed E-state index contributed by atoms with van der Waals surface area (Å²) in [7, 11) is 0. The van der Waals surface area contributed by atoms with Crippen LogP contribution in [-0.4, -0.2) is 67.0 Å². The molecule has 1 N–H and O–H groups in total. The molecule has 0 radical (unpaired) electrons. The Labute approximate surface area is 189 Å². The summed E-state index contributed by atoms with van der Waals surface area (Å²) in [6, 6.07) is 15.1. The Bertz CT molecular complexity index is 854. The molecule has 1 saturated heterocycles. The van der Waals surface area contributed by atoms with Gasteiger partial charge in [0.25, 0.3) is 0 Å². The van der Waals surface area contributed by atoms with Crippen molar-refractivity contribution in [3.63, 3.8) is 0 Å². The Morgan fingerprint density at radius 2 is 1.75 bits per heavy atom. The first-order valence-electron chi connectivity index (χ1n) is 11.2. The normalized spacial score (nSPS) is 15.2. The predicted octanol–water partition coefficient (Wildman–Crippen LogP) is 2.62. The molecule has 1 aliphatic heterocycles. The Morgan fingerprint density at radius 3 is 2.41 bits per heavy atom. The molecule has 172 valence electrons. The van der Waals surface area contributed by atoms with Crippen LogP contribution in [0.4, 0.5) is 4.39 Å². The molecule has 6 nitrogen and oxygen atoms in total. The SMILES string of the molecule is CCC(=O)N(Cc1ccc(F)cc1)[C@@H](Cc1ccccc1)C(=O)NCCN1CCOCC1. The number of benzene rings is 2. The van der Waals surface area contributed by atoms with Crippen LogP contribution < -0.4 is 5.32 Å². The lowest BCUT2D eigenvalue weighted by atomic mass is 10.0. The highest BCUT2D eigenvalue weighted by Gasteiger charge is 2.29. The van der Waals surface area contributed by atoms with E-state index in [1.165, 1.54) is 12.1 Å². The number of ether oxygens (including phenoxy) is 1. The fourth-order valence-electron chi connectivity index (χ4n) is 3.82. The molecule has 0 aromatic heterocycles. The summed E-state index contributed by atoms with van der Waals surface area (Å²) < 4.78 is 18.7. The number of rotatable bonds is 10. The highest BCUT2D eigenvalue weighted by molar-refractivity contribution is 5.87. The lowest BCUT2D eigenvalue weighted by Gasteiger charge is -2.32. The lowest BCUT2D eigenvalue weighted by Crippen LogP contribution is -2.51. The zero-order valence-electron chi connectivity index (χ0n) is 18.6. The van der Waals surface area contributed by atoms with Crippen LogP contribution >= 0.6 is 0 Å². The van der Waals surface area contributed by atoms with Gasteiger partial charge >= 0.3 is 0 Å². The molecule has 3 rings (SSSR count). The third-order valence-corrected chi connectivity index (χ3v) is 5.67. The summed E-state index contributed by atoms with van der Waals surface area (Å²) >= 11 is 0. The van der Waals surface area contributed by atoms with Crippen molar-refractivity contribution in [2.24, 2.45) is 0 Å². The third kappa shape index (κ3) is 7.14. The summed E-state index contributed by atoms with van der Waals surface area (Å²) in [6.45, 7) is 6.42. The number of carbonyl (C=O) groups excluding carboxylic acids is 2. The lowest BCUT2D eigenvalue weighted by molar-refractivity contribution is -0.141. The van der Waals surface area contributed by atoms with Gasteiger partial charge in [0.15, 0.2) is 0 Å². The van der Waals surface area contributed by atoms with Gasteiger partial charge < -0.3 is 15.0 Å². The summed E-state index contributed by atoms with van der Waals surface area (Å²) in [5.41, 5.74) is 1.77. The molecule has 2 amide bonds. The van der Waals surface area contributed by atoms with Crippen LogP contribution in [-0.2, 0) is 27.3 Å². The van der Waals surface area contributed by atoms with Crippen molar-refractivity contribution in [3.8, 4) is 0 Å². The standard InChI is InChI=1S/C25H32FN3O3/c1-2-24(30)29(19-21-8-10-22(26)11-9-21)23(18-20-6-4-3-5-7-20)25(31)27-12-13-28-14-16-32-17-15-28/h3-11,23H,2,12-19H2,1H3,(H,27,31)/t23-/m0/s1. The molecule has 1 atom stereocenters. The minimum Gasteiger partial charge on any atom is -0.379 e. The van der Waals surface area contributed by atoms with Crippen LogP contribution in [0.15, 0.2) is 54.6 Å². The van der Waals surface area contributed by atoms with Crippen molar-refractivity contribution in [1.29, 1.82) is 0 Å². The van der Waals surface area contributed by atoms with Gasteiger partial charge in [0.1, 0.15) is 11.9 Å². The Balaban J connectivity index is 1.75. The highest BCUT2D eigenvalue weighted by Crippen LogP contribution is 2.16. The Morgan fingerprint density at radius 1 is 1.06 bits per heavy atom. The molecule has 0 spiro atoms. The van der Waals surface area contributed by atoms with E-state index in [-0.39, 0.29) is 30.6 Å². The number of nitrogens with zero attached hydrogens (tertiary/aromatic N) is 2. The summed E-state index contributed by atoms with van der Waals surface area (Å²) in [6.07, 6.45) is 0.699. The van der Waals surface area contributed by atoms with Crippen molar-refractivity contribution < 1.29 is 18.7 Å². The van der Waals surface area contributed by atoms with Crippen LogP contribution in [0, 0.1) is 5.82 Å². The second-order valence-corrected chi connectivity index (χ2v) is 7.95. The summed E-state index contributed by atoms with van der Waals surface area (Å²) in [5, 5.41) is 3.03. The van der Waals surface area contributed by atoms with Crippen molar-refractivity contribution in [2.75, 3.05) is 39.4 Å². The fourth-order valence-corrected chi connectivity index (χ4v) is 3.82. The third-order valence-electron chi connectivity index (χ3n) is 5.67. The van der Waals surface area contributed by atoms with Gasteiger partial charge in [-0.05, 0) is 23.3 Å². The molecule has 0 saturated carbocycles. The van der Waals surface area contributed by atoms with Gasteiger partial charge in [0.2, 0.25) is 11.8 Å². The van der Waals surface area contributed by atoms with Crippen LogP contribution in [0.5, 0.6) is 0 Å². The zero-order chi connectivity index (χ0) is 22.8. The van der Waals surface area contributed by atoms with E-state index in [4.69, 9.17) is 4.74 Å². The van der Waals surface area contributed by atoms with Crippen LogP contribution in [0.1, 0.15) is 24.5 Å². The fraction of sp³-hybridized carbons (Fsp3) is 0.440. The summed E-state index contributed by atoms with van der Waals surface area (Å²) in [5.74, 6) is -0.617. The van der Waals surface area contributed by atoms with Gasteiger partial charge in [0.05, 0.1) is 13.2 Å². The molecule has 0 bridgehead atoms. The molecule has 2 aromatic carbocycles. The zero-order valence-corrected chi connectivity index (χ0v) is 18.6. The molecular formula is C25H32FN3O3. The van der Waals surface area contributed by atoms with Gasteiger partial charge in [-0.15, -0.1) is 0 Å². The van der Waals surface area contributed by atoms with E-state index in [0.29, 0.717) is 26.2 Å². The van der Waals surface area contributed by atoms with E-state index in [9.17, 15) is 14.0 Å². The number of halogens is 1. The first-order chi connectivity index (χ1) is 15.6. The molecule has 7 heteroatoms. The maximum absolute atomic E-state index is 13.4. The number of carbonyl (C=O) groups is 2. The van der Waals surface area contributed by atoms with Crippen molar-refractivity contribution >= 4 is 11.8 Å². The van der Waals surface area contributed by atoms with Gasteiger partial charge in [-0.3, -0.25) is 14.5 Å². The highest BCUT2D eigenvalue weighted by atomic mass is 19.1. The van der Waals surface area contributed by atoms with Gasteiger partial charge in [0, 0.05) is 45.6 Å². The van der Waals surface area contributed by atoms with Gasteiger partial charge in [-0.25, -0.2) is 4.39 Å². The molecular weight excluding hydrogens is 409 g/mol. The second kappa shape index (κ2) is 12.3. The van der Waals surface area contributed by atoms with E-state index < -0.39 is 6.04 Å². The predicted molar refractivity (Wildman–Crippen MR) is 121 cm³/mol. The molecule has 32 heavy (non-hydrogen) atoms. The molecule has 0 aliphatic carbocycles. The smallest absolute Gasteiger partial charge is 0.243 e. The van der Waals surface area contributed by atoms with E-state index in [2.05, 4.69) is 10.2 Å². The largest absolute Gasteiger partial charge is 0.379 e. The number of morpholine rings is 1. The molecule has 0 unspecified atom stereocenters. The minimum atomic E-state index is -0.653. The first kappa shape index (κ1) is 23.9.